The Morgan fingerprint density at radius 1 is 1.30 bits per heavy atom. The zero-order chi connectivity index (χ0) is 15.3. The lowest BCUT2D eigenvalue weighted by molar-refractivity contribution is -0.140. The minimum atomic E-state index is -4.45. The van der Waals surface area contributed by atoms with E-state index in [9.17, 15) is 18.0 Å². The second-order valence-electron chi connectivity index (χ2n) is 4.20. The van der Waals surface area contributed by atoms with Gasteiger partial charge < -0.3 is 4.90 Å². The van der Waals surface area contributed by atoms with Crippen LogP contribution in [0.5, 0.6) is 0 Å². The lowest BCUT2D eigenvalue weighted by Crippen LogP contribution is -2.39. The molecule has 112 valence electrons. The molecule has 0 atom stereocenters. The maximum Gasteiger partial charge on any atom is 0.406 e. The summed E-state index contributed by atoms with van der Waals surface area (Å²) in [7, 11) is 0. The van der Waals surface area contributed by atoms with Gasteiger partial charge in [0.05, 0.1) is 0 Å². The minimum Gasteiger partial charge on any atom is -0.330 e. The summed E-state index contributed by atoms with van der Waals surface area (Å²) in [5.74, 6) is -0.762. The Labute approximate surface area is 124 Å². The lowest BCUT2D eigenvalue weighted by atomic mass is 10.2. The van der Waals surface area contributed by atoms with Crippen molar-refractivity contribution in [1.82, 2.24) is 9.88 Å². The fourth-order valence-electron chi connectivity index (χ4n) is 1.59. The van der Waals surface area contributed by atoms with Crippen molar-refractivity contribution >= 4 is 29.1 Å². The third kappa shape index (κ3) is 5.54. The number of hydrogen-bond donors (Lipinski definition) is 0. The van der Waals surface area contributed by atoms with E-state index in [1.54, 1.807) is 0 Å². The minimum absolute atomic E-state index is 0.00430. The molecule has 1 heterocycles. The Morgan fingerprint density at radius 3 is 2.30 bits per heavy atom. The molecule has 0 saturated heterocycles. The average Bonchev–Trinajstić information content (AvgIpc) is 2.31. The standard InChI is InChI=1S/C12H13Cl2F3N2O/c1-2-3-4-19(7-12(15,16)17)11(20)8-5-9(13)18-10(14)6-8/h5-6H,2-4,7H2,1H3. The number of carbonyl (C=O) groups is 1. The molecule has 0 radical (unpaired) electrons. The number of hydrogen-bond acceptors (Lipinski definition) is 2. The zero-order valence-electron chi connectivity index (χ0n) is 10.7. The van der Waals surface area contributed by atoms with Crippen LogP contribution in [0.3, 0.4) is 0 Å². The molecule has 0 unspecified atom stereocenters. The van der Waals surface area contributed by atoms with Crippen molar-refractivity contribution in [1.29, 1.82) is 0 Å². The van der Waals surface area contributed by atoms with E-state index in [1.807, 2.05) is 6.92 Å². The van der Waals surface area contributed by atoms with Gasteiger partial charge in [-0.3, -0.25) is 4.79 Å². The van der Waals surface area contributed by atoms with E-state index in [1.165, 1.54) is 12.1 Å². The Balaban J connectivity index is 2.96. The summed E-state index contributed by atoms with van der Waals surface area (Å²) < 4.78 is 37.5. The molecule has 1 amide bonds. The smallest absolute Gasteiger partial charge is 0.330 e. The predicted octanol–water partition coefficient (Wildman–Crippen LogP) is 4.19. The second kappa shape index (κ2) is 7.13. The monoisotopic (exact) mass is 328 g/mol. The number of halogens is 5. The third-order valence-electron chi connectivity index (χ3n) is 2.45. The Morgan fingerprint density at radius 2 is 1.85 bits per heavy atom. The number of carbonyl (C=O) groups excluding carboxylic acids is 1. The number of rotatable bonds is 5. The number of alkyl halides is 3. The summed E-state index contributed by atoms with van der Waals surface area (Å²) in [6.45, 7) is 0.548. The molecule has 3 nitrogen and oxygen atoms in total. The molecule has 0 saturated carbocycles. The van der Waals surface area contributed by atoms with Crippen LogP contribution in [0.4, 0.5) is 13.2 Å². The van der Waals surface area contributed by atoms with Crippen molar-refractivity contribution in [3.05, 3.63) is 28.0 Å². The van der Waals surface area contributed by atoms with E-state index in [4.69, 9.17) is 23.2 Å². The molecule has 1 aromatic heterocycles. The van der Waals surface area contributed by atoms with Gasteiger partial charge in [-0.2, -0.15) is 13.2 Å². The molecular formula is C12H13Cl2F3N2O. The Hall–Kier alpha value is -1.01. The molecule has 0 aliphatic carbocycles. The van der Waals surface area contributed by atoms with Crippen molar-refractivity contribution in [3.63, 3.8) is 0 Å². The first-order valence-electron chi connectivity index (χ1n) is 5.92. The lowest BCUT2D eigenvalue weighted by Gasteiger charge is -2.24. The molecule has 0 fully saturated rings. The summed E-state index contributed by atoms with van der Waals surface area (Å²) in [5.41, 5.74) is -0.00430. The van der Waals surface area contributed by atoms with Gasteiger partial charge in [-0.25, -0.2) is 4.98 Å². The molecule has 1 aromatic rings. The van der Waals surface area contributed by atoms with Gasteiger partial charge in [0.2, 0.25) is 0 Å². The number of unbranched alkanes of at least 4 members (excludes halogenated alkanes) is 1. The number of aromatic nitrogens is 1. The SMILES string of the molecule is CCCCN(CC(F)(F)F)C(=O)c1cc(Cl)nc(Cl)c1. The largest absolute Gasteiger partial charge is 0.406 e. The highest BCUT2D eigenvalue weighted by Crippen LogP contribution is 2.21. The second-order valence-corrected chi connectivity index (χ2v) is 4.97. The predicted molar refractivity (Wildman–Crippen MR) is 71.1 cm³/mol. The van der Waals surface area contributed by atoms with Gasteiger partial charge in [0.1, 0.15) is 16.9 Å². The van der Waals surface area contributed by atoms with Crippen LogP contribution in [0.2, 0.25) is 10.3 Å². The molecule has 0 aliphatic heterocycles. The van der Waals surface area contributed by atoms with Gasteiger partial charge in [0.15, 0.2) is 0 Å². The van der Waals surface area contributed by atoms with E-state index >= 15 is 0 Å². The van der Waals surface area contributed by atoms with Crippen molar-refractivity contribution in [3.8, 4) is 0 Å². The molecule has 0 bridgehead atoms. The fourth-order valence-corrected chi connectivity index (χ4v) is 2.05. The molecule has 8 heteroatoms. The van der Waals surface area contributed by atoms with Gasteiger partial charge in [0, 0.05) is 12.1 Å². The van der Waals surface area contributed by atoms with Crippen molar-refractivity contribution < 1.29 is 18.0 Å². The van der Waals surface area contributed by atoms with Crippen LogP contribution in [0.1, 0.15) is 30.1 Å². The molecule has 20 heavy (non-hydrogen) atoms. The molecule has 0 N–H and O–H groups in total. The summed E-state index contributed by atoms with van der Waals surface area (Å²) in [4.78, 5) is 16.5. The van der Waals surface area contributed by atoms with Crippen molar-refractivity contribution in [2.24, 2.45) is 0 Å². The first-order valence-corrected chi connectivity index (χ1v) is 6.67. The number of pyridine rings is 1. The van der Waals surface area contributed by atoms with Gasteiger partial charge in [0.25, 0.3) is 5.91 Å². The van der Waals surface area contributed by atoms with E-state index in [0.717, 1.165) is 4.90 Å². The van der Waals surface area contributed by atoms with E-state index < -0.39 is 18.6 Å². The van der Waals surface area contributed by atoms with Crippen molar-refractivity contribution in [2.45, 2.75) is 25.9 Å². The third-order valence-corrected chi connectivity index (χ3v) is 2.84. The normalized spacial score (nSPS) is 11.5. The van der Waals surface area contributed by atoms with Gasteiger partial charge >= 0.3 is 6.18 Å². The maximum absolute atomic E-state index is 12.5. The number of amides is 1. The molecule has 0 aliphatic rings. The molecule has 0 aromatic carbocycles. The summed E-state index contributed by atoms with van der Waals surface area (Å²) in [5, 5.41) is -0.0772. The first-order chi connectivity index (χ1) is 9.23. The fraction of sp³-hybridized carbons (Fsp3) is 0.500. The van der Waals surface area contributed by atoms with Crippen molar-refractivity contribution in [2.75, 3.05) is 13.1 Å². The van der Waals surface area contributed by atoms with Gasteiger partial charge in [-0.1, -0.05) is 36.5 Å². The highest BCUT2D eigenvalue weighted by atomic mass is 35.5. The summed E-state index contributed by atoms with van der Waals surface area (Å²) in [6.07, 6.45) is -3.29. The van der Waals surface area contributed by atoms with E-state index in [-0.39, 0.29) is 22.4 Å². The molecule has 0 spiro atoms. The van der Waals surface area contributed by atoms with Crippen LogP contribution in [0.15, 0.2) is 12.1 Å². The van der Waals surface area contributed by atoms with E-state index in [0.29, 0.717) is 12.8 Å². The number of nitrogens with zero attached hydrogens (tertiary/aromatic N) is 2. The highest BCUT2D eigenvalue weighted by molar-refractivity contribution is 6.33. The summed E-state index contributed by atoms with van der Waals surface area (Å²) >= 11 is 11.3. The van der Waals surface area contributed by atoms with Crippen LogP contribution in [-0.2, 0) is 0 Å². The van der Waals surface area contributed by atoms with Crippen LogP contribution >= 0.6 is 23.2 Å². The Bertz CT molecular complexity index is 460. The topological polar surface area (TPSA) is 33.2 Å². The Kier molecular flexibility index (Phi) is 6.07. The van der Waals surface area contributed by atoms with E-state index in [2.05, 4.69) is 4.98 Å². The molecular weight excluding hydrogens is 316 g/mol. The quantitative estimate of drug-likeness (QED) is 0.759. The van der Waals surface area contributed by atoms with Gasteiger partial charge in [-0.15, -0.1) is 0 Å². The van der Waals surface area contributed by atoms with Gasteiger partial charge in [-0.05, 0) is 18.6 Å². The maximum atomic E-state index is 12.5. The highest BCUT2D eigenvalue weighted by Gasteiger charge is 2.33. The average molecular weight is 329 g/mol. The van der Waals surface area contributed by atoms with Crippen LogP contribution in [0.25, 0.3) is 0 Å². The first kappa shape index (κ1) is 17.0. The van der Waals surface area contributed by atoms with Crippen LogP contribution < -0.4 is 0 Å². The molecule has 1 rings (SSSR count). The van der Waals surface area contributed by atoms with Crippen LogP contribution in [-0.4, -0.2) is 35.1 Å². The zero-order valence-corrected chi connectivity index (χ0v) is 12.2. The van der Waals surface area contributed by atoms with Crippen LogP contribution in [0, 0.1) is 0 Å². The summed E-state index contributed by atoms with van der Waals surface area (Å²) in [6, 6.07) is 2.40.